The highest BCUT2D eigenvalue weighted by Crippen LogP contribution is 2.19. The molecule has 2 rings (SSSR count). The zero-order valence-electron chi connectivity index (χ0n) is 14.0. The number of likely N-dealkylation sites (tertiary alicyclic amines) is 1. The number of non-ortho nitro benzene ring substituents is 1. The number of benzene rings is 1. The van der Waals surface area contributed by atoms with Crippen molar-refractivity contribution >= 4 is 36.2 Å². The molecule has 1 aromatic rings. The molecule has 1 fully saturated rings. The van der Waals surface area contributed by atoms with Crippen molar-refractivity contribution in [2.45, 2.75) is 18.3 Å². The van der Waals surface area contributed by atoms with Gasteiger partial charge in [-0.1, -0.05) is 5.16 Å². The number of rotatable bonds is 6. The Balaban J connectivity index is 1.92. The summed E-state index contributed by atoms with van der Waals surface area (Å²) in [5.41, 5.74) is 0.570. The van der Waals surface area contributed by atoms with Gasteiger partial charge in [0.05, 0.1) is 4.92 Å². The monoisotopic (exact) mass is 382 g/mol. The van der Waals surface area contributed by atoms with E-state index in [4.69, 9.17) is 9.57 Å². The van der Waals surface area contributed by atoms with Gasteiger partial charge >= 0.3 is 6.09 Å². The number of thiol groups is 1. The highest BCUT2D eigenvalue weighted by Gasteiger charge is 2.32. The number of hydrogen-bond acceptors (Lipinski definition) is 8. The first-order valence-corrected chi connectivity index (χ1v) is 8.17. The summed E-state index contributed by atoms with van der Waals surface area (Å²) in [6.45, 7) is -0.00968. The molecule has 1 aromatic carbocycles. The number of likely N-dealkylation sites (N-methyl/N-ethyl adjacent to an activating group) is 1. The minimum Gasteiger partial charge on any atom is -0.444 e. The molecule has 1 atom stereocenters. The number of oxime groups is 1. The van der Waals surface area contributed by atoms with E-state index in [2.05, 4.69) is 23.1 Å². The number of nitrogens with zero attached hydrogens (tertiary/aromatic N) is 3. The van der Waals surface area contributed by atoms with Crippen molar-refractivity contribution in [1.29, 1.82) is 0 Å². The fourth-order valence-corrected chi connectivity index (χ4v) is 2.47. The van der Waals surface area contributed by atoms with Crippen LogP contribution in [0.2, 0.25) is 0 Å². The number of amides is 2. The number of nitro groups is 1. The van der Waals surface area contributed by atoms with Gasteiger partial charge in [0.2, 0.25) is 0 Å². The predicted octanol–water partition coefficient (Wildman–Crippen LogP) is 1.31. The number of ether oxygens (including phenoxy) is 1. The van der Waals surface area contributed by atoms with Gasteiger partial charge in [-0.15, -0.1) is 0 Å². The molecular formula is C15H18N4O6S. The lowest BCUT2D eigenvalue weighted by atomic mass is 10.2. The van der Waals surface area contributed by atoms with Gasteiger partial charge in [-0.3, -0.25) is 19.8 Å². The van der Waals surface area contributed by atoms with Crippen LogP contribution in [0.5, 0.6) is 0 Å². The molecule has 11 heteroatoms. The van der Waals surface area contributed by atoms with E-state index < -0.39 is 11.0 Å². The van der Waals surface area contributed by atoms with Crippen molar-refractivity contribution in [3.63, 3.8) is 0 Å². The maximum Gasteiger partial charge on any atom is 0.415 e. The zero-order valence-corrected chi connectivity index (χ0v) is 14.8. The molecule has 1 N–H and O–H groups in total. The van der Waals surface area contributed by atoms with Gasteiger partial charge in [0.25, 0.3) is 11.6 Å². The van der Waals surface area contributed by atoms with Gasteiger partial charge in [-0.05, 0) is 17.7 Å². The summed E-state index contributed by atoms with van der Waals surface area (Å²) in [6, 6.07) is 5.70. The second-order valence-corrected chi connectivity index (χ2v) is 6.13. The highest BCUT2D eigenvalue weighted by atomic mass is 32.1. The summed E-state index contributed by atoms with van der Waals surface area (Å²) in [7, 11) is 1.47. The first-order chi connectivity index (χ1) is 12.4. The van der Waals surface area contributed by atoms with Gasteiger partial charge in [-0.2, -0.15) is 12.6 Å². The Morgan fingerprint density at radius 2 is 2.12 bits per heavy atom. The van der Waals surface area contributed by atoms with Gasteiger partial charge in [0.1, 0.15) is 6.61 Å². The minimum atomic E-state index is -0.637. The van der Waals surface area contributed by atoms with E-state index in [0.717, 1.165) is 0 Å². The molecule has 0 aliphatic carbocycles. The summed E-state index contributed by atoms with van der Waals surface area (Å²) in [6.07, 6.45) is -0.245. The van der Waals surface area contributed by atoms with Crippen LogP contribution < -0.4 is 5.32 Å². The van der Waals surface area contributed by atoms with Gasteiger partial charge in [0.15, 0.2) is 12.4 Å². The van der Waals surface area contributed by atoms with Gasteiger partial charge < -0.3 is 14.9 Å². The summed E-state index contributed by atoms with van der Waals surface area (Å²) in [4.78, 5) is 39.7. The Morgan fingerprint density at radius 1 is 1.42 bits per heavy atom. The van der Waals surface area contributed by atoms with Crippen molar-refractivity contribution in [1.82, 2.24) is 10.2 Å². The predicted molar refractivity (Wildman–Crippen MR) is 94.8 cm³/mol. The molecule has 1 aliphatic rings. The van der Waals surface area contributed by atoms with Gasteiger partial charge in [0, 0.05) is 37.4 Å². The van der Waals surface area contributed by atoms with Crippen LogP contribution in [0.15, 0.2) is 29.4 Å². The van der Waals surface area contributed by atoms with E-state index in [-0.39, 0.29) is 30.1 Å². The van der Waals surface area contributed by atoms with E-state index in [1.54, 1.807) is 0 Å². The molecule has 2 amide bonds. The lowest BCUT2D eigenvalue weighted by molar-refractivity contribution is -0.384. The maximum absolute atomic E-state index is 12.2. The van der Waals surface area contributed by atoms with Gasteiger partial charge in [-0.25, -0.2) is 4.79 Å². The number of carbonyl (C=O) groups is 2. The molecule has 0 aromatic heterocycles. The summed E-state index contributed by atoms with van der Waals surface area (Å²) < 4.78 is 5.21. The van der Waals surface area contributed by atoms with Crippen LogP contribution in [0.3, 0.4) is 0 Å². The molecule has 140 valence electrons. The fraction of sp³-hybridized carbons (Fsp3) is 0.400. The average Bonchev–Trinajstić information content (AvgIpc) is 3.00. The molecule has 10 nitrogen and oxygen atoms in total. The molecule has 0 unspecified atom stereocenters. The van der Waals surface area contributed by atoms with E-state index >= 15 is 0 Å². The molecule has 0 bridgehead atoms. The first kappa shape index (κ1) is 19.5. The fourth-order valence-electron chi connectivity index (χ4n) is 2.14. The third-order valence-corrected chi connectivity index (χ3v) is 3.84. The molecule has 0 spiro atoms. The van der Waals surface area contributed by atoms with Crippen LogP contribution in [0.25, 0.3) is 0 Å². The number of nitro benzene ring substituents is 1. The summed E-state index contributed by atoms with van der Waals surface area (Å²) in [5, 5.41) is 16.7. The first-order valence-electron chi connectivity index (χ1n) is 7.65. The molecule has 0 saturated carbocycles. The van der Waals surface area contributed by atoms with Crippen molar-refractivity contribution in [3.05, 3.63) is 39.9 Å². The van der Waals surface area contributed by atoms with E-state index in [1.165, 1.54) is 36.2 Å². The highest BCUT2D eigenvalue weighted by molar-refractivity contribution is 7.81. The van der Waals surface area contributed by atoms with Crippen LogP contribution in [0.1, 0.15) is 12.0 Å². The van der Waals surface area contributed by atoms with Crippen molar-refractivity contribution < 1.29 is 24.1 Å². The second kappa shape index (κ2) is 9.04. The molecule has 1 aliphatic heterocycles. The van der Waals surface area contributed by atoms with E-state index in [0.29, 0.717) is 24.4 Å². The topological polar surface area (TPSA) is 123 Å². The lowest BCUT2D eigenvalue weighted by Gasteiger charge is -2.16. The van der Waals surface area contributed by atoms with E-state index in [9.17, 15) is 19.7 Å². The maximum atomic E-state index is 12.2. The van der Waals surface area contributed by atoms with E-state index in [1.807, 2.05) is 0 Å². The smallest absolute Gasteiger partial charge is 0.415 e. The lowest BCUT2D eigenvalue weighted by Crippen LogP contribution is -2.33. The van der Waals surface area contributed by atoms with Crippen molar-refractivity contribution in [3.8, 4) is 0 Å². The second-order valence-electron chi connectivity index (χ2n) is 5.40. The van der Waals surface area contributed by atoms with Crippen LogP contribution in [-0.4, -0.2) is 53.1 Å². The number of amidine groups is 1. The third kappa shape index (κ3) is 5.34. The molecule has 1 saturated heterocycles. The summed E-state index contributed by atoms with van der Waals surface area (Å²) in [5.74, 6) is -0.0235. The molecular weight excluding hydrogens is 364 g/mol. The third-order valence-electron chi connectivity index (χ3n) is 3.50. The molecule has 1 heterocycles. The average molecular weight is 382 g/mol. The standard InChI is InChI=1S/C15H18N4O6S/c1-16-14(20)9-25-17-13-6-12(26)7-18(13)15(21)24-8-10-2-4-11(5-3-10)19(22)23/h2-5,12,26H,6-9H2,1H3,(H,16,20)/t12-/m1/s1. The van der Waals surface area contributed by atoms with Crippen molar-refractivity contribution in [2.75, 3.05) is 20.2 Å². The summed E-state index contributed by atoms with van der Waals surface area (Å²) >= 11 is 4.33. The quantitative estimate of drug-likeness (QED) is 0.434. The Kier molecular flexibility index (Phi) is 6.78. The normalized spacial score (nSPS) is 17.8. The van der Waals surface area contributed by atoms with Crippen LogP contribution >= 0.6 is 12.6 Å². The number of nitrogens with one attached hydrogen (secondary N) is 1. The Morgan fingerprint density at radius 3 is 2.73 bits per heavy atom. The Bertz CT molecular complexity index is 709. The van der Waals surface area contributed by atoms with Crippen LogP contribution in [0.4, 0.5) is 10.5 Å². The molecule has 26 heavy (non-hydrogen) atoms. The molecule has 0 radical (unpaired) electrons. The Labute approximate surface area is 154 Å². The number of carbonyl (C=O) groups excluding carboxylic acids is 2. The van der Waals surface area contributed by atoms with Crippen LogP contribution in [0, 0.1) is 10.1 Å². The van der Waals surface area contributed by atoms with Crippen molar-refractivity contribution in [2.24, 2.45) is 5.16 Å². The largest absolute Gasteiger partial charge is 0.444 e. The number of hydrogen-bond donors (Lipinski definition) is 2. The van der Waals surface area contributed by atoms with Crippen LogP contribution in [-0.2, 0) is 21.0 Å². The zero-order chi connectivity index (χ0) is 19.1. The SMILES string of the molecule is CNC(=O)CON=C1C[C@@H](S)CN1C(=O)OCc1ccc([N+](=O)[O-])cc1. The Hall–Kier alpha value is -2.82. The minimum absolute atomic E-state index is 0.0415.